The summed E-state index contributed by atoms with van der Waals surface area (Å²) in [5.74, 6) is -0.415. The predicted molar refractivity (Wildman–Crippen MR) is 63.2 cm³/mol. The van der Waals surface area contributed by atoms with Gasteiger partial charge >= 0.3 is 5.97 Å². The SMILES string of the molecule is CC.COC(=O)c1cc2cc(N)cnc2[nH]1. The van der Waals surface area contributed by atoms with Crippen molar-refractivity contribution in [2.45, 2.75) is 13.8 Å². The van der Waals surface area contributed by atoms with Crippen molar-refractivity contribution in [3.63, 3.8) is 0 Å². The van der Waals surface area contributed by atoms with Crippen molar-refractivity contribution in [3.8, 4) is 0 Å². The van der Waals surface area contributed by atoms with Crippen LogP contribution < -0.4 is 5.73 Å². The molecule has 0 radical (unpaired) electrons. The van der Waals surface area contributed by atoms with Gasteiger partial charge in [-0.25, -0.2) is 9.78 Å². The Morgan fingerprint density at radius 1 is 1.44 bits per heavy atom. The highest BCUT2D eigenvalue weighted by Crippen LogP contribution is 2.15. The molecule has 0 aromatic carbocycles. The monoisotopic (exact) mass is 221 g/mol. The first-order valence-corrected chi connectivity index (χ1v) is 5.03. The van der Waals surface area contributed by atoms with Gasteiger partial charge in [-0.05, 0) is 12.1 Å². The average molecular weight is 221 g/mol. The lowest BCUT2D eigenvalue weighted by atomic mass is 10.3. The van der Waals surface area contributed by atoms with Gasteiger partial charge in [0.1, 0.15) is 11.3 Å². The summed E-state index contributed by atoms with van der Waals surface area (Å²) in [5, 5.41) is 0.797. The number of H-pyrrole nitrogens is 1. The Bertz CT molecular complexity index is 491. The minimum atomic E-state index is -0.415. The van der Waals surface area contributed by atoms with Crippen molar-refractivity contribution >= 4 is 22.7 Å². The molecule has 0 unspecified atom stereocenters. The van der Waals surface area contributed by atoms with Crippen LogP contribution in [0.3, 0.4) is 0 Å². The van der Waals surface area contributed by atoms with Gasteiger partial charge in [-0.2, -0.15) is 0 Å². The zero-order valence-corrected chi connectivity index (χ0v) is 9.57. The van der Waals surface area contributed by atoms with E-state index in [-0.39, 0.29) is 0 Å². The second kappa shape index (κ2) is 5.16. The predicted octanol–water partition coefficient (Wildman–Crippen LogP) is 1.96. The molecule has 3 N–H and O–H groups in total. The number of hydrogen-bond acceptors (Lipinski definition) is 4. The van der Waals surface area contributed by atoms with Gasteiger partial charge in [-0.1, -0.05) is 13.8 Å². The Labute approximate surface area is 93.6 Å². The molecule has 0 saturated heterocycles. The molecule has 2 aromatic heterocycles. The van der Waals surface area contributed by atoms with Crippen LogP contribution in [0, 0.1) is 0 Å². The second-order valence-corrected chi connectivity index (χ2v) is 2.88. The number of methoxy groups -OCH3 is 1. The highest BCUT2D eigenvalue weighted by atomic mass is 16.5. The lowest BCUT2D eigenvalue weighted by Crippen LogP contribution is -2.00. The molecule has 0 spiro atoms. The van der Waals surface area contributed by atoms with E-state index >= 15 is 0 Å². The van der Waals surface area contributed by atoms with Gasteiger partial charge in [0.15, 0.2) is 0 Å². The summed E-state index contributed by atoms with van der Waals surface area (Å²) in [5.41, 5.74) is 7.11. The lowest BCUT2D eigenvalue weighted by molar-refractivity contribution is 0.0595. The van der Waals surface area contributed by atoms with Crippen LogP contribution in [-0.4, -0.2) is 23.0 Å². The van der Waals surface area contributed by atoms with E-state index in [0.717, 1.165) is 5.39 Å². The number of fused-ring (bicyclic) bond motifs is 1. The minimum Gasteiger partial charge on any atom is -0.464 e. The molecule has 0 fully saturated rings. The third-order valence-corrected chi connectivity index (χ3v) is 1.90. The average Bonchev–Trinajstić information content (AvgIpc) is 2.73. The highest BCUT2D eigenvalue weighted by Gasteiger charge is 2.09. The van der Waals surface area contributed by atoms with Gasteiger partial charge < -0.3 is 15.5 Å². The van der Waals surface area contributed by atoms with Crippen LogP contribution in [0.4, 0.5) is 5.69 Å². The molecule has 0 aliphatic carbocycles. The van der Waals surface area contributed by atoms with Crippen LogP contribution in [0.1, 0.15) is 24.3 Å². The van der Waals surface area contributed by atoms with Gasteiger partial charge in [-0.3, -0.25) is 0 Å². The van der Waals surface area contributed by atoms with Crippen molar-refractivity contribution in [2.24, 2.45) is 0 Å². The van der Waals surface area contributed by atoms with E-state index in [4.69, 9.17) is 5.73 Å². The fraction of sp³-hybridized carbons (Fsp3) is 0.273. The summed E-state index contributed by atoms with van der Waals surface area (Å²) in [6.45, 7) is 4.00. The number of esters is 1. The molecule has 0 bridgehead atoms. The maximum absolute atomic E-state index is 11.2. The third kappa shape index (κ3) is 2.31. The van der Waals surface area contributed by atoms with E-state index in [1.165, 1.54) is 13.3 Å². The molecule has 2 aromatic rings. The summed E-state index contributed by atoms with van der Waals surface area (Å²) in [7, 11) is 1.33. The van der Waals surface area contributed by atoms with Crippen LogP contribution in [0.25, 0.3) is 11.0 Å². The van der Waals surface area contributed by atoms with Gasteiger partial charge in [-0.15, -0.1) is 0 Å². The maximum Gasteiger partial charge on any atom is 0.354 e. The van der Waals surface area contributed by atoms with Crippen molar-refractivity contribution in [3.05, 3.63) is 24.0 Å². The number of aromatic amines is 1. The molecular weight excluding hydrogens is 206 g/mol. The number of carbonyl (C=O) groups excluding carboxylic acids is 1. The van der Waals surface area contributed by atoms with E-state index in [1.54, 1.807) is 12.1 Å². The van der Waals surface area contributed by atoms with E-state index in [2.05, 4.69) is 14.7 Å². The molecule has 2 heterocycles. The molecule has 0 saturated carbocycles. The standard InChI is InChI=1S/C9H9N3O2.C2H6/c1-14-9(13)7-3-5-2-6(10)4-11-8(5)12-7;1-2/h2-4H,10H2,1H3,(H,11,12);1-2H3. The number of nitrogens with one attached hydrogen (secondary N) is 1. The largest absolute Gasteiger partial charge is 0.464 e. The molecule has 0 aliphatic heterocycles. The lowest BCUT2D eigenvalue weighted by Gasteiger charge is -1.91. The third-order valence-electron chi connectivity index (χ3n) is 1.90. The van der Waals surface area contributed by atoms with E-state index in [1.807, 2.05) is 13.8 Å². The first-order valence-electron chi connectivity index (χ1n) is 5.03. The Balaban J connectivity index is 0.000000606. The number of nitrogen functional groups attached to an aromatic ring is 1. The summed E-state index contributed by atoms with van der Waals surface area (Å²) in [6.07, 6.45) is 1.53. The Morgan fingerprint density at radius 2 is 2.12 bits per heavy atom. The summed E-state index contributed by atoms with van der Waals surface area (Å²) in [6, 6.07) is 3.40. The van der Waals surface area contributed by atoms with Crippen molar-refractivity contribution < 1.29 is 9.53 Å². The van der Waals surface area contributed by atoms with Gasteiger partial charge in [0.25, 0.3) is 0 Å². The number of carbonyl (C=O) groups is 1. The van der Waals surface area contributed by atoms with Crippen molar-refractivity contribution in [2.75, 3.05) is 12.8 Å². The molecule has 5 nitrogen and oxygen atoms in total. The number of pyridine rings is 1. The topological polar surface area (TPSA) is 81.0 Å². The first-order chi connectivity index (χ1) is 7.70. The second-order valence-electron chi connectivity index (χ2n) is 2.88. The van der Waals surface area contributed by atoms with Gasteiger partial charge in [0.05, 0.1) is 19.0 Å². The minimum absolute atomic E-state index is 0.376. The quantitative estimate of drug-likeness (QED) is 0.721. The van der Waals surface area contributed by atoms with Crippen LogP contribution in [0.2, 0.25) is 0 Å². The summed E-state index contributed by atoms with van der Waals surface area (Å²) >= 11 is 0. The number of ether oxygens (including phenoxy) is 1. The molecule has 0 amide bonds. The van der Waals surface area contributed by atoms with Crippen molar-refractivity contribution in [1.82, 2.24) is 9.97 Å². The molecule has 5 heteroatoms. The zero-order chi connectivity index (χ0) is 12.1. The van der Waals surface area contributed by atoms with Crippen LogP contribution in [0.5, 0.6) is 0 Å². The molecule has 0 aliphatic rings. The number of hydrogen-bond donors (Lipinski definition) is 2. The Morgan fingerprint density at radius 3 is 2.75 bits per heavy atom. The molecule has 0 atom stereocenters. The number of rotatable bonds is 1. The molecule has 2 rings (SSSR count). The number of nitrogens with zero attached hydrogens (tertiary/aromatic N) is 1. The van der Waals surface area contributed by atoms with Gasteiger partial charge in [0, 0.05) is 5.39 Å². The molecule has 86 valence electrons. The smallest absolute Gasteiger partial charge is 0.354 e. The van der Waals surface area contributed by atoms with Crippen LogP contribution >= 0.6 is 0 Å². The molecular formula is C11H15N3O2. The number of aromatic nitrogens is 2. The Kier molecular flexibility index (Phi) is 3.88. The maximum atomic E-state index is 11.2. The number of nitrogens with two attached hydrogens (primary N) is 1. The van der Waals surface area contributed by atoms with Crippen molar-refractivity contribution in [1.29, 1.82) is 0 Å². The normalized spacial score (nSPS) is 9.44. The van der Waals surface area contributed by atoms with E-state index in [9.17, 15) is 4.79 Å². The number of anilines is 1. The van der Waals surface area contributed by atoms with E-state index in [0.29, 0.717) is 17.0 Å². The highest BCUT2D eigenvalue weighted by molar-refractivity contribution is 5.94. The first kappa shape index (κ1) is 12.0. The van der Waals surface area contributed by atoms with E-state index < -0.39 is 5.97 Å². The van der Waals surface area contributed by atoms with Crippen LogP contribution in [-0.2, 0) is 4.74 Å². The van der Waals surface area contributed by atoms with Gasteiger partial charge in [0.2, 0.25) is 0 Å². The fourth-order valence-electron chi connectivity index (χ4n) is 1.25. The summed E-state index contributed by atoms with van der Waals surface area (Å²) < 4.78 is 4.57. The Hall–Kier alpha value is -2.04. The van der Waals surface area contributed by atoms with Crippen LogP contribution in [0.15, 0.2) is 18.3 Å². The fourth-order valence-corrected chi connectivity index (χ4v) is 1.25. The summed E-state index contributed by atoms with van der Waals surface area (Å²) in [4.78, 5) is 18.0. The molecule has 16 heavy (non-hydrogen) atoms. The zero-order valence-electron chi connectivity index (χ0n) is 9.57.